The van der Waals surface area contributed by atoms with Crippen LogP contribution in [0.15, 0.2) is 18.3 Å². The Hall–Kier alpha value is -1.26. The molecular formula is C9H9ClN2O2. The quantitative estimate of drug-likeness (QED) is 0.787. The third-order valence-corrected chi connectivity index (χ3v) is 2.27. The summed E-state index contributed by atoms with van der Waals surface area (Å²) in [5.41, 5.74) is 0.484. The van der Waals surface area contributed by atoms with Gasteiger partial charge in [-0.25, -0.2) is 4.98 Å². The Morgan fingerprint density at radius 1 is 1.50 bits per heavy atom. The fourth-order valence-electron chi connectivity index (χ4n) is 1.41. The van der Waals surface area contributed by atoms with Crippen molar-refractivity contribution >= 4 is 17.1 Å². The van der Waals surface area contributed by atoms with Gasteiger partial charge in [0, 0.05) is 12.6 Å². The number of halogens is 1. The molecule has 0 fully saturated rings. The van der Waals surface area contributed by atoms with Crippen LogP contribution in [-0.2, 0) is 6.42 Å². The zero-order valence-electron chi connectivity index (χ0n) is 7.31. The fraction of sp³-hybridized carbons (Fsp3) is 0.222. The molecule has 0 bridgehead atoms. The third kappa shape index (κ3) is 1.32. The van der Waals surface area contributed by atoms with Gasteiger partial charge in [-0.05, 0) is 12.1 Å². The third-order valence-electron chi connectivity index (χ3n) is 2.01. The first-order valence-corrected chi connectivity index (χ1v) is 4.57. The van der Waals surface area contributed by atoms with Gasteiger partial charge in [0.25, 0.3) is 0 Å². The second-order valence-corrected chi connectivity index (χ2v) is 3.26. The van der Waals surface area contributed by atoms with E-state index in [1.54, 1.807) is 22.7 Å². The standard InChI is InChI=1S/C9H9ClN2O2/c10-9-8-6(14)2-1-4-12(8)7(11-9)3-5-13/h1-2,4,13-14H,3,5H2. The SMILES string of the molecule is OCCc1nc(Cl)c2c(O)cccn12. The van der Waals surface area contributed by atoms with Crippen molar-refractivity contribution in [2.45, 2.75) is 6.42 Å². The molecule has 0 saturated carbocycles. The van der Waals surface area contributed by atoms with Crippen molar-refractivity contribution in [2.75, 3.05) is 6.61 Å². The zero-order valence-corrected chi connectivity index (χ0v) is 8.07. The van der Waals surface area contributed by atoms with Crippen LogP contribution in [0.3, 0.4) is 0 Å². The van der Waals surface area contributed by atoms with E-state index in [4.69, 9.17) is 16.7 Å². The molecule has 0 aliphatic carbocycles. The number of nitrogens with zero attached hydrogens (tertiary/aromatic N) is 2. The second-order valence-electron chi connectivity index (χ2n) is 2.90. The summed E-state index contributed by atoms with van der Waals surface area (Å²) in [6, 6.07) is 3.24. The molecular weight excluding hydrogens is 204 g/mol. The van der Waals surface area contributed by atoms with Crippen molar-refractivity contribution in [2.24, 2.45) is 0 Å². The zero-order chi connectivity index (χ0) is 10.1. The number of hydrogen-bond donors (Lipinski definition) is 2. The number of hydrogen-bond acceptors (Lipinski definition) is 3. The highest BCUT2D eigenvalue weighted by Crippen LogP contribution is 2.26. The first-order valence-electron chi connectivity index (χ1n) is 4.19. The molecule has 0 unspecified atom stereocenters. The Morgan fingerprint density at radius 3 is 3.00 bits per heavy atom. The maximum atomic E-state index is 9.53. The van der Waals surface area contributed by atoms with Crippen molar-refractivity contribution in [1.29, 1.82) is 0 Å². The molecule has 74 valence electrons. The fourth-order valence-corrected chi connectivity index (χ4v) is 1.70. The molecule has 0 aromatic carbocycles. The van der Waals surface area contributed by atoms with Gasteiger partial charge in [0.05, 0.1) is 6.61 Å². The Bertz CT molecular complexity index is 467. The van der Waals surface area contributed by atoms with Crippen molar-refractivity contribution in [3.8, 4) is 5.75 Å². The van der Waals surface area contributed by atoms with Gasteiger partial charge in [-0.2, -0.15) is 0 Å². The average molecular weight is 213 g/mol. The summed E-state index contributed by atoms with van der Waals surface area (Å²) >= 11 is 5.85. The van der Waals surface area contributed by atoms with E-state index in [9.17, 15) is 5.11 Å². The summed E-state index contributed by atoms with van der Waals surface area (Å²) in [6.07, 6.45) is 2.16. The molecule has 0 aliphatic rings. The first kappa shape index (κ1) is 9.30. The number of fused-ring (bicyclic) bond motifs is 1. The Balaban J connectivity index is 2.71. The monoisotopic (exact) mass is 212 g/mol. The molecule has 2 rings (SSSR count). The van der Waals surface area contributed by atoms with Gasteiger partial charge < -0.3 is 10.2 Å². The lowest BCUT2D eigenvalue weighted by atomic mass is 10.4. The maximum absolute atomic E-state index is 9.53. The van der Waals surface area contributed by atoms with Gasteiger partial charge >= 0.3 is 0 Å². The Morgan fingerprint density at radius 2 is 2.29 bits per heavy atom. The lowest BCUT2D eigenvalue weighted by molar-refractivity contribution is 0.296. The van der Waals surface area contributed by atoms with E-state index in [1.165, 1.54) is 0 Å². The van der Waals surface area contributed by atoms with Crippen LogP contribution >= 0.6 is 11.6 Å². The molecule has 0 radical (unpaired) electrons. The van der Waals surface area contributed by atoms with Crippen LogP contribution in [0.25, 0.3) is 5.52 Å². The molecule has 0 saturated heterocycles. The summed E-state index contributed by atoms with van der Waals surface area (Å²) in [6.45, 7) is 0.00506. The van der Waals surface area contributed by atoms with Crippen LogP contribution in [-0.4, -0.2) is 26.2 Å². The molecule has 2 heterocycles. The minimum absolute atomic E-state index is 0.00506. The summed E-state index contributed by atoms with van der Waals surface area (Å²) in [7, 11) is 0. The van der Waals surface area contributed by atoms with E-state index < -0.39 is 0 Å². The van der Waals surface area contributed by atoms with Crippen molar-refractivity contribution in [3.05, 3.63) is 29.3 Å². The van der Waals surface area contributed by atoms with Gasteiger partial charge in [0.15, 0.2) is 5.15 Å². The molecule has 2 N–H and O–H groups in total. The molecule has 0 aliphatic heterocycles. The van der Waals surface area contributed by atoms with Gasteiger partial charge in [-0.1, -0.05) is 11.6 Å². The maximum Gasteiger partial charge on any atom is 0.158 e. The molecule has 0 spiro atoms. The van der Waals surface area contributed by atoms with Gasteiger partial charge in [0.1, 0.15) is 17.1 Å². The van der Waals surface area contributed by atoms with Crippen molar-refractivity contribution < 1.29 is 10.2 Å². The number of aliphatic hydroxyl groups is 1. The number of aromatic hydroxyl groups is 1. The van der Waals surface area contributed by atoms with E-state index >= 15 is 0 Å². The smallest absolute Gasteiger partial charge is 0.158 e. The minimum atomic E-state index is 0.00506. The van der Waals surface area contributed by atoms with Crippen molar-refractivity contribution in [1.82, 2.24) is 9.38 Å². The van der Waals surface area contributed by atoms with Crippen molar-refractivity contribution in [3.63, 3.8) is 0 Å². The normalized spacial score (nSPS) is 11.0. The van der Waals surface area contributed by atoms with E-state index in [1.807, 2.05) is 0 Å². The highest BCUT2D eigenvalue weighted by atomic mass is 35.5. The number of aromatic nitrogens is 2. The molecule has 0 atom stereocenters. The number of aliphatic hydroxyl groups excluding tert-OH is 1. The van der Waals surface area contributed by atoms with E-state index in [2.05, 4.69) is 4.98 Å². The highest BCUT2D eigenvalue weighted by molar-refractivity contribution is 6.33. The van der Waals surface area contributed by atoms with Gasteiger partial charge in [0.2, 0.25) is 0 Å². The summed E-state index contributed by atoms with van der Waals surface area (Å²) in [4.78, 5) is 4.05. The molecule has 2 aromatic rings. The highest BCUT2D eigenvalue weighted by Gasteiger charge is 2.11. The lowest BCUT2D eigenvalue weighted by Gasteiger charge is -1.99. The Kier molecular flexibility index (Phi) is 2.31. The molecule has 2 aromatic heterocycles. The molecule has 5 heteroatoms. The van der Waals surface area contributed by atoms with Crippen LogP contribution in [0.2, 0.25) is 5.15 Å². The minimum Gasteiger partial charge on any atom is -0.506 e. The number of imidazole rings is 1. The van der Waals surface area contributed by atoms with Gasteiger partial charge in [-0.3, -0.25) is 4.40 Å². The topological polar surface area (TPSA) is 57.8 Å². The average Bonchev–Trinajstić information content (AvgIpc) is 2.46. The first-order chi connectivity index (χ1) is 6.74. The van der Waals surface area contributed by atoms with E-state index in [-0.39, 0.29) is 17.5 Å². The number of pyridine rings is 1. The van der Waals surface area contributed by atoms with Crippen LogP contribution in [0, 0.1) is 0 Å². The van der Waals surface area contributed by atoms with Crippen LogP contribution in [0.5, 0.6) is 5.75 Å². The lowest BCUT2D eigenvalue weighted by Crippen LogP contribution is -1.97. The summed E-state index contributed by atoms with van der Waals surface area (Å²) in [5, 5.41) is 18.6. The molecule has 14 heavy (non-hydrogen) atoms. The predicted octanol–water partition coefficient (Wildman–Crippen LogP) is 1.23. The van der Waals surface area contributed by atoms with E-state index in [0.717, 1.165) is 0 Å². The Labute approximate surface area is 85.4 Å². The predicted molar refractivity (Wildman–Crippen MR) is 52.7 cm³/mol. The summed E-state index contributed by atoms with van der Waals surface area (Å²) < 4.78 is 1.67. The van der Waals surface area contributed by atoms with E-state index in [0.29, 0.717) is 17.8 Å². The summed E-state index contributed by atoms with van der Waals surface area (Å²) in [5.74, 6) is 0.734. The molecule has 4 nitrogen and oxygen atoms in total. The second kappa shape index (κ2) is 3.48. The largest absolute Gasteiger partial charge is 0.506 e. The van der Waals surface area contributed by atoms with Crippen LogP contribution in [0.1, 0.15) is 5.82 Å². The van der Waals surface area contributed by atoms with Gasteiger partial charge in [-0.15, -0.1) is 0 Å². The van der Waals surface area contributed by atoms with Crippen LogP contribution in [0.4, 0.5) is 0 Å². The molecule has 0 amide bonds. The van der Waals surface area contributed by atoms with Crippen LogP contribution < -0.4 is 0 Å². The number of rotatable bonds is 2.